The number of carbonyl (C=O) groups is 2. The number of aliphatic hydroxyl groups is 1. The van der Waals surface area contributed by atoms with Gasteiger partial charge in [0.25, 0.3) is 5.91 Å². The van der Waals surface area contributed by atoms with E-state index in [0.29, 0.717) is 49.7 Å². The summed E-state index contributed by atoms with van der Waals surface area (Å²) < 4.78 is 35.9. The van der Waals surface area contributed by atoms with E-state index in [1.54, 1.807) is 37.1 Å². The Bertz CT molecular complexity index is 1740. The molecule has 2 amide bonds. The molecule has 1 fully saturated rings. The minimum Gasteiger partial charge on any atom is -0.490 e. The summed E-state index contributed by atoms with van der Waals surface area (Å²) in [4.78, 5) is 31.3. The lowest BCUT2D eigenvalue weighted by atomic mass is 9.61. The van der Waals surface area contributed by atoms with Gasteiger partial charge in [0, 0.05) is 41.7 Å². The van der Waals surface area contributed by atoms with Gasteiger partial charge in [-0.3, -0.25) is 9.59 Å². The van der Waals surface area contributed by atoms with E-state index in [-0.39, 0.29) is 41.1 Å². The number of fused-ring (bicyclic) bond motifs is 4. The second-order valence-corrected chi connectivity index (χ2v) is 19.2. The summed E-state index contributed by atoms with van der Waals surface area (Å²) >= 11 is 6.45. The molecule has 11 heteroatoms. The number of ether oxygens (including phenoxy) is 1. The normalized spacial score (nSPS) is 31.3. The zero-order chi connectivity index (χ0) is 36.2. The lowest BCUT2D eigenvalue weighted by Crippen LogP contribution is -2.55. The molecule has 6 atom stereocenters. The van der Waals surface area contributed by atoms with Crippen LogP contribution in [0.25, 0.3) is 0 Å². The molecule has 274 valence electrons. The van der Waals surface area contributed by atoms with Gasteiger partial charge >= 0.3 is 0 Å². The fourth-order valence-electron chi connectivity index (χ4n) is 8.74. The average Bonchev–Trinajstić information content (AvgIpc) is 3.17. The van der Waals surface area contributed by atoms with Crippen LogP contribution in [0.1, 0.15) is 107 Å². The molecule has 2 aliphatic carbocycles. The molecule has 2 N–H and O–H groups in total. The van der Waals surface area contributed by atoms with Crippen molar-refractivity contribution >= 4 is 39.1 Å². The van der Waals surface area contributed by atoms with Crippen LogP contribution in [0.4, 0.5) is 5.69 Å². The van der Waals surface area contributed by atoms with Crippen molar-refractivity contribution in [3.8, 4) is 5.75 Å². The van der Waals surface area contributed by atoms with Crippen molar-refractivity contribution in [1.82, 2.24) is 9.62 Å². The Labute approximate surface area is 303 Å². The van der Waals surface area contributed by atoms with Crippen molar-refractivity contribution in [2.24, 2.45) is 17.8 Å². The molecule has 0 radical (unpaired) electrons. The van der Waals surface area contributed by atoms with Gasteiger partial charge in [0.05, 0.1) is 29.6 Å². The van der Waals surface area contributed by atoms with Crippen molar-refractivity contribution < 1.29 is 27.9 Å². The monoisotopic (exact) mass is 727 g/mol. The van der Waals surface area contributed by atoms with Gasteiger partial charge < -0.3 is 19.6 Å². The number of hydrogen-bond donors (Lipinski definition) is 2. The third-order valence-corrected chi connectivity index (χ3v) is 14.6. The SMILES string of the molecule is C[C@@H]1[C@@H](C)CCC[C@](O)(CC(=O)N(C)C(C)(C)C)[C@@H]2CC[C@H]2CN2C[C@@]3(CCCc4cc(Cl)ccc43)COc3ccc(cc32)C(=O)NS1(=O)=O. The quantitative estimate of drug-likeness (QED) is 0.364. The Morgan fingerprint density at radius 1 is 1.10 bits per heavy atom. The van der Waals surface area contributed by atoms with Gasteiger partial charge in [0.1, 0.15) is 5.75 Å². The molecule has 50 heavy (non-hydrogen) atoms. The van der Waals surface area contributed by atoms with Crippen molar-refractivity contribution in [2.75, 3.05) is 31.6 Å². The van der Waals surface area contributed by atoms with E-state index >= 15 is 0 Å². The van der Waals surface area contributed by atoms with Crippen LogP contribution in [-0.4, -0.2) is 73.4 Å². The molecule has 9 nitrogen and oxygen atoms in total. The first-order valence-electron chi connectivity index (χ1n) is 18.3. The summed E-state index contributed by atoms with van der Waals surface area (Å²) in [6.07, 6.45) is 6.06. The van der Waals surface area contributed by atoms with E-state index in [0.717, 1.165) is 37.8 Å². The molecule has 2 aliphatic heterocycles. The Morgan fingerprint density at radius 2 is 1.86 bits per heavy atom. The van der Waals surface area contributed by atoms with Crippen LogP contribution in [0.3, 0.4) is 0 Å². The average molecular weight is 728 g/mol. The highest BCUT2D eigenvalue weighted by molar-refractivity contribution is 7.90. The van der Waals surface area contributed by atoms with E-state index in [9.17, 15) is 23.1 Å². The molecule has 2 aromatic carbocycles. The van der Waals surface area contributed by atoms with Crippen molar-refractivity contribution in [3.63, 3.8) is 0 Å². The van der Waals surface area contributed by atoms with Crippen LogP contribution in [0, 0.1) is 17.8 Å². The molecule has 1 saturated carbocycles. The lowest BCUT2D eigenvalue weighted by Gasteiger charge is -2.50. The van der Waals surface area contributed by atoms with Crippen molar-refractivity contribution in [1.29, 1.82) is 0 Å². The van der Waals surface area contributed by atoms with Gasteiger partial charge in [0.15, 0.2) is 0 Å². The summed E-state index contributed by atoms with van der Waals surface area (Å²) in [5, 5.41) is 12.5. The molecular weight excluding hydrogens is 674 g/mol. The number of benzene rings is 2. The third kappa shape index (κ3) is 7.13. The van der Waals surface area contributed by atoms with Crippen LogP contribution in [0.5, 0.6) is 5.75 Å². The number of sulfonamides is 1. The molecule has 0 unspecified atom stereocenters. The number of rotatable bonds is 2. The van der Waals surface area contributed by atoms with Crippen LogP contribution in [-0.2, 0) is 26.7 Å². The van der Waals surface area contributed by atoms with Crippen LogP contribution < -0.4 is 14.4 Å². The predicted molar refractivity (Wildman–Crippen MR) is 197 cm³/mol. The van der Waals surface area contributed by atoms with Gasteiger partial charge in [0.2, 0.25) is 15.9 Å². The summed E-state index contributed by atoms with van der Waals surface area (Å²) in [6, 6.07) is 11.3. The second kappa shape index (κ2) is 13.6. The Hall–Kier alpha value is -2.82. The third-order valence-electron chi connectivity index (χ3n) is 12.5. The number of anilines is 1. The first-order chi connectivity index (χ1) is 23.4. The van der Waals surface area contributed by atoms with E-state index in [1.165, 1.54) is 11.1 Å². The maximum atomic E-state index is 13.7. The highest BCUT2D eigenvalue weighted by atomic mass is 35.5. The molecule has 6 rings (SSSR count). The standard InChI is InChI=1S/C39H54ClN3O6S/c1-25-9-7-18-39(46,21-35(44)42(6)37(3,4)5)32-14-11-29(32)22-43-23-38(17-8-10-27-19-30(40)13-15-31(27)38)24-49-34-16-12-28(20-33(34)43)36(45)41-50(47,48)26(25)2/h12-13,15-16,19-20,25-26,29,32,46H,7-11,14,17-18,21-24H2,1-6H3,(H,41,45)/t25-,26+,29-,32+,38-,39-/m0/s1. The molecular formula is C39H54ClN3O6S. The lowest BCUT2D eigenvalue weighted by molar-refractivity contribution is -0.148. The molecule has 0 saturated heterocycles. The molecule has 2 bridgehead atoms. The maximum Gasteiger partial charge on any atom is 0.264 e. The minimum absolute atomic E-state index is 0.0160. The maximum absolute atomic E-state index is 13.7. The molecule has 2 aromatic rings. The smallest absolute Gasteiger partial charge is 0.264 e. The largest absolute Gasteiger partial charge is 0.490 e. The van der Waals surface area contributed by atoms with E-state index < -0.39 is 32.3 Å². The number of nitrogens with zero attached hydrogens (tertiary/aromatic N) is 2. The molecule has 4 aliphatic rings. The van der Waals surface area contributed by atoms with Crippen LogP contribution in [0.2, 0.25) is 5.02 Å². The number of carbonyl (C=O) groups excluding carboxylic acids is 2. The Morgan fingerprint density at radius 3 is 2.56 bits per heavy atom. The summed E-state index contributed by atoms with van der Waals surface area (Å²) in [6.45, 7) is 11.1. The first-order valence-corrected chi connectivity index (χ1v) is 20.2. The second-order valence-electron chi connectivity index (χ2n) is 16.7. The molecule has 2 heterocycles. The minimum atomic E-state index is -4.00. The molecule has 0 aromatic heterocycles. The predicted octanol–water partition coefficient (Wildman–Crippen LogP) is 6.49. The van der Waals surface area contributed by atoms with Crippen LogP contribution in [0.15, 0.2) is 36.4 Å². The first kappa shape index (κ1) is 37.0. The van der Waals surface area contributed by atoms with Gasteiger partial charge in [-0.25, -0.2) is 13.1 Å². The zero-order valence-electron chi connectivity index (χ0n) is 30.4. The van der Waals surface area contributed by atoms with E-state index in [4.69, 9.17) is 16.3 Å². The summed E-state index contributed by atoms with van der Waals surface area (Å²) in [5.41, 5.74) is 1.45. The van der Waals surface area contributed by atoms with E-state index in [1.807, 2.05) is 33.8 Å². The van der Waals surface area contributed by atoms with Crippen molar-refractivity contribution in [3.05, 3.63) is 58.1 Å². The fraction of sp³-hybridized carbons (Fsp3) is 0.641. The zero-order valence-corrected chi connectivity index (χ0v) is 32.0. The topological polar surface area (TPSA) is 116 Å². The van der Waals surface area contributed by atoms with Gasteiger partial charge in [-0.2, -0.15) is 0 Å². The highest BCUT2D eigenvalue weighted by Crippen LogP contribution is 2.50. The van der Waals surface area contributed by atoms with Gasteiger partial charge in [-0.1, -0.05) is 31.0 Å². The van der Waals surface area contributed by atoms with E-state index in [2.05, 4.69) is 21.8 Å². The fourth-order valence-corrected chi connectivity index (χ4v) is 10.2. The van der Waals surface area contributed by atoms with Gasteiger partial charge in [-0.05, 0) is 132 Å². The molecule has 1 spiro atoms. The Kier molecular flexibility index (Phi) is 10.1. The van der Waals surface area contributed by atoms with Crippen molar-refractivity contribution in [2.45, 2.75) is 114 Å². The number of amides is 2. The van der Waals surface area contributed by atoms with Crippen LogP contribution >= 0.6 is 11.6 Å². The highest BCUT2D eigenvalue weighted by Gasteiger charge is 2.50. The number of hydrogen-bond acceptors (Lipinski definition) is 7. The Balaban J connectivity index is 1.43. The number of halogens is 1. The summed E-state index contributed by atoms with van der Waals surface area (Å²) in [7, 11) is -2.20. The number of aryl methyl sites for hydroxylation is 1. The number of nitrogens with one attached hydrogen (secondary N) is 1. The van der Waals surface area contributed by atoms with Gasteiger partial charge in [-0.15, -0.1) is 0 Å². The summed E-state index contributed by atoms with van der Waals surface area (Å²) in [5.74, 6) is -0.404.